The van der Waals surface area contributed by atoms with Crippen LogP contribution >= 0.6 is 0 Å². The van der Waals surface area contributed by atoms with Crippen LogP contribution in [0.5, 0.6) is 5.75 Å². The Kier molecular flexibility index (Phi) is 9.77. The maximum atomic E-state index is 13.1. The predicted molar refractivity (Wildman–Crippen MR) is 268 cm³/mol. The Morgan fingerprint density at radius 2 is 0.632 bits per heavy atom. The van der Waals surface area contributed by atoms with Gasteiger partial charge in [-0.2, -0.15) is 0 Å². The number of ether oxygens (including phenoxy) is 1. The Hall–Kier alpha value is -8.41. The Balaban J connectivity index is 1.09. The number of alkyl halides is 3. The number of nitrogens with zero attached hydrogens (tertiary/aromatic N) is 1. The van der Waals surface area contributed by atoms with Crippen molar-refractivity contribution in [1.29, 1.82) is 0 Å². The molecule has 2 aliphatic rings. The van der Waals surface area contributed by atoms with Crippen molar-refractivity contribution in [1.82, 2.24) is 0 Å². The summed E-state index contributed by atoms with van der Waals surface area (Å²) in [5, 5.41) is 0. The first kappa shape index (κ1) is 41.1. The van der Waals surface area contributed by atoms with E-state index in [1.807, 2.05) is 12.1 Å². The fourth-order valence-electron chi connectivity index (χ4n) is 11.2. The molecule has 0 amide bonds. The van der Waals surface area contributed by atoms with Gasteiger partial charge in [-0.25, -0.2) is 0 Å². The molecule has 0 N–H and O–H groups in total. The quantitative estimate of drug-likeness (QED) is 0.143. The van der Waals surface area contributed by atoms with Crippen molar-refractivity contribution < 1.29 is 17.9 Å². The minimum absolute atomic E-state index is 0.259. The SMILES string of the molecule is FC(F)(F)Oc1ccc(-c2ccc(N(c3ccc4c(c3)C(c3ccccc3)(c3ccccc3)c3ccccc3-4)c3ccc4c(c3)C(c3ccccc3)(c3ccccc3)c3ccccc3-4)cc2)cc1. The van der Waals surface area contributed by atoms with E-state index in [0.29, 0.717) is 0 Å². The lowest BCUT2D eigenvalue weighted by Gasteiger charge is -2.36. The molecule has 0 atom stereocenters. The van der Waals surface area contributed by atoms with Crippen LogP contribution in [0.2, 0.25) is 0 Å². The molecule has 0 fully saturated rings. The molecular formula is C63H42F3NO. The van der Waals surface area contributed by atoms with Gasteiger partial charge >= 0.3 is 6.36 Å². The van der Waals surface area contributed by atoms with Gasteiger partial charge in [0.25, 0.3) is 0 Å². The van der Waals surface area contributed by atoms with E-state index in [2.05, 4.69) is 228 Å². The molecule has 2 aliphatic carbocycles. The van der Waals surface area contributed by atoms with Crippen molar-refractivity contribution in [3.05, 3.63) is 299 Å². The van der Waals surface area contributed by atoms with E-state index >= 15 is 0 Å². The molecule has 5 heteroatoms. The van der Waals surface area contributed by atoms with Crippen LogP contribution in [0.1, 0.15) is 44.5 Å². The minimum Gasteiger partial charge on any atom is -0.406 e. The van der Waals surface area contributed by atoms with Crippen LogP contribution in [0.25, 0.3) is 33.4 Å². The zero-order valence-electron chi connectivity index (χ0n) is 36.7. The normalized spacial score (nSPS) is 13.8. The highest BCUT2D eigenvalue weighted by atomic mass is 19.4. The smallest absolute Gasteiger partial charge is 0.406 e. The standard InChI is InChI=1S/C63H42F3NO/c64-63(65,66)68-52-37-31-44(32-38-52)43-29-33-49(34-30-43)67(50-35-39-55-53-25-13-15-27-57(53)61(59(55)41-50,45-17-5-1-6-18-45)46-19-7-2-8-20-46)51-36-40-56-54-26-14-16-28-58(54)62(60(56)42-51,47-21-9-3-10-22-47)48-23-11-4-12-24-48/h1-42H. The third kappa shape index (κ3) is 6.49. The van der Waals surface area contributed by atoms with E-state index in [4.69, 9.17) is 0 Å². The molecule has 326 valence electrons. The van der Waals surface area contributed by atoms with Crippen molar-refractivity contribution in [3.63, 3.8) is 0 Å². The first-order valence-electron chi connectivity index (χ1n) is 22.8. The van der Waals surface area contributed by atoms with E-state index < -0.39 is 17.2 Å². The highest BCUT2D eigenvalue weighted by Gasteiger charge is 2.48. The fourth-order valence-corrected chi connectivity index (χ4v) is 11.2. The van der Waals surface area contributed by atoms with Gasteiger partial charge in [0.2, 0.25) is 0 Å². The molecule has 68 heavy (non-hydrogen) atoms. The van der Waals surface area contributed by atoms with E-state index in [9.17, 15) is 13.2 Å². The molecule has 12 rings (SSSR count). The number of anilines is 3. The highest BCUT2D eigenvalue weighted by molar-refractivity contribution is 5.92. The maximum Gasteiger partial charge on any atom is 0.573 e. The maximum absolute atomic E-state index is 13.1. The molecule has 0 bridgehead atoms. The molecular weight excluding hydrogens is 844 g/mol. The molecule has 0 spiro atoms. The first-order valence-corrected chi connectivity index (χ1v) is 22.8. The van der Waals surface area contributed by atoms with E-state index in [0.717, 1.165) is 28.2 Å². The number of halogens is 3. The summed E-state index contributed by atoms with van der Waals surface area (Å²) in [6.07, 6.45) is -4.77. The van der Waals surface area contributed by atoms with Crippen LogP contribution in [0, 0.1) is 0 Å². The molecule has 0 heterocycles. The van der Waals surface area contributed by atoms with Crippen molar-refractivity contribution in [2.75, 3.05) is 4.90 Å². The van der Waals surface area contributed by atoms with Gasteiger partial charge in [-0.1, -0.05) is 206 Å². The second-order valence-corrected chi connectivity index (χ2v) is 17.5. The van der Waals surface area contributed by atoms with Crippen molar-refractivity contribution in [2.45, 2.75) is 17.2 Å². The Morgan fingerprint density at radius 1 is 0.309 bits per heavy atom. The molecule has 0 unspecified atom stereocenters. The van der Waals surface area contributed by atoms with Gasteiger partial charge in [-0.15, -0.1) is 13.2 Å². The third-order valence-corrected chi connectivity index (χ3v) is 13.9. The third-order valence-electron chi connectivity index (χ3n) is 13.9. The number of rotatable bonds is 9. The topological polar surface area (TPSA) is 12.5 Å². The van der Waals surface area contributed by atoms with Gasteiger partial charge in [0, 0.05) is 17.1 Å². The average molecular weight is 886 g/mol. The Bertz CT molecular complexity index is 3180. The van der Waals surface area contributed by atoms with Crippen molar-refractivity contribution >= 4 is 17.1 Å². The second-order valence-electron chi connectivity index (χ2n) is 17.5. The summed E-state index contributed by atoms with van der Waals surface area (Å²) in [5.41, 5.74) is 17.6. The summed E-state index contributed by atoms with van der Waals surface area (Å²) in [6, 6.07) is 88.9. The van der Waals surface area contributed by atoms with E-state index in [1.54, 1.807) is 12.1 Å². The van der Waals surface area contributed by atoms with E-state index in [-0.39, 0.29) is 5.75 Å². The van der Waals surface area contributed by atoms with Gasteiger partial charge in [-0.05, 0) is 126 Å². The summed E-state index contributed by atoms with van der Waals surface area (Å²) in [7, 11) is 0. The van der Waals surface area contributed by atoms with Gasteiger partial charge in [-0.3, -0.25) is 0 Å². The predicted octanol–water partition coefficient (Wildman–Crippen LogP) is 16.4. The second kappa shape index (κ2) is 16.2. The van der Waals surface area contributed by atoms with Crippen LogP contribution in [-0.4, -0.2) is 6.36 Å². The first-order chi connectivity index (χ1) is 33.3. The van der Waals surface area contributed by atoms with Gasteiger partial charge in [0.05, 0.1) is 10.8 Å². The van der Waals surface area contributed by atoms with Crippen molar-refractivity contribution in [2.24, 2.45) is 0 Å². The number of fused-ring (bicyclic) bond motifs is 6. The number of hydrogen-bond donors (Lipinski definition) is 0. The average Bonchev–Trinajstić information content (AvgIpc) is 3.85. The number of hydrogen-bond acceptors (Lipinski definition) is 2. The summed E-state index contributed by atoms with van der Waals surface area (Å²) in [5.74, 6) is -0.259. The lowest BCUT2D eigenvalue weighted by molar-refractivity contribution is -0.274. The molecule has 0 radical (unpaired) electrons. The molecule has 10 aromatic rings. The molecule has 0 aromatic heterocycles. The zero-order chi connectivity index (χ0) is 45.9. The lowest BCUT2D eigenvalue weighted by atomic mass is 9.67. The highest BCUT2D eigenvalue weighted by Crippen LogP contribution is 2.59. The van der Waals surface area contributed by atoms with E-state index in [1.165, 1.54) is 78.9 Å². The molecule has 2 nitrogen and oxygen atoms in total. The van der Waals surface area contributed by atoms with Crippen LogP contribution < -0.4 is 9.64 Å². The van der Waals surface area contributed by atoms with Gasteiger partial charge < -0.3 is 9.64 Å². The van der Waals surface area contributed by atoms with Crippen molar-refractivity contribution in [3.8, 4) is 39.1 Å². The van der Waals surface area contributed by atoms with Gasteiger partial charge in [0.1, 0.15) is 5.75 Å². The Morgan fingerprint density at radius 3 is 1.01 bits per heavy atom. The minimum atomic E-state index is -4.77. The monoisotopic (exact) mass is 885 g/mol. The molecule has 0 aliphatic heterocycles. The van der Waals surface area contributed by atoms with Crippen LogP contribution in [0.15, 0.2) is 255 Å². The summed E-state index contributed by atoms with van der Waals surface area (Å²) >= 11 is 0. The largest absolute Gasteiger partial charge is 0.573 e. The fraction of sp³-hybridized carbons (Fsp3) is 0.0476. The molecule has 0 saturated carbocycles. The van der Waals surface area contributed by atoms with Crippen LogP contribution in [0.4, 0.5) is 30.2 Å². The Labute approximate surface area is 393 Å². The summed E-state index contributed by atoms with van der Waals surface area (Å²) in [4.78, 5) is 2.35. The molecule has 0 saturated heterocycles. The lowest BCUT2D eigenvalue weighted by Crippen LogP contribution is -2.29. The zero-order valence-corrected chi connectivity index (χ0v) is 36.7. The molecule has 10 aromatic carbocycles. The van der Waals surface area contributed by atoms with Crippen LogP contribution in [0.3, 0.4) is 0 Å². The van der Waals surface area contributed by atoms with Crippen LogP contribution in [-0.2, 0) is 10.8 Å². The van der Waals surface area contributed by atoms with Gasteiger partial charge in [0.15, 0.2) is 0 Å². The number of benzene rings is 10. The summed E-state index contributed by atoms with van der Waals surface area (Å²) in [6.45, 7) is 0. The summed E-state index contributed by atoms with van der Waals surface area (Å²) < 4.78 is 43.3.